The normalized spacial score (nSPS) is 38.6. The number of hydrogen-bond donors (Lipinski definition) is 0. The number of aldehydes is 1. The number of hydrogen-bond acceptors (Lipinski definition) is 3. The molecule has 1 heterocycles. The Kier molecular flexibility index (Phi) is 0.915. The Morgan fingerprint density at radius 3 is 2.30 bits per heavy atom. The van der Waals surface area contributed by atoms with Crippen molar-refractivity contribution in [3.63, 3.8) is 0 Å². The molecule has 2 fully saturated rings. The van der Waals surface area contributed by atoms with Gasteiger partial charge < -0.3 is 4.79 Å². The van der Waals surface area contributed by atoms with Crippen molar-refractivity contribution < 1.29 is 13.2 Å². The van der Waals surface area contributed by atoms with E-state index in [1.165, 1.54) is 0 Å². The molecule has 1 aliphatic carbocycles. The summed E-state index contributed by atoms with van der Waals surface area (Å²) in [4.78, 5) is 10.2. The smallest absolute Gasteiger partial charge is 0.151 e. The van der Waals surface area contributed by atoms with E-state index in [1.54, 1.807) is 0 Å². The molecule has 0 aromatic carbocycles. The lowest BCUT2D eigenvalue weighted by Gasteiger charge is -2.25. The number of rotatable bonds is 1. The summed E-state index contributed by atoms with van der Waals surface area (Å²) in [7, 11) is -2.73. The molecule has 2 rings (SSSR count). The van der Waals surface area contributed by atoms with Crippen LogP contribution < -0.4 is 0 Å². The average Bonchev–Trinajstić information content (AvgIpc) is 2.39. The van der Waals surface area contributed by atoms with Crippen LogP contribution in [0.5, 0.6) is 0 Å². The molecule has 0 radical (unpaired) electrons. The quantitative estimate of drug-likeness (QED) is 0.491. The van der Waals surface area contributed by atoms with E-state index >= 15 is 0 Å². The molecule has 0 aromatic rings. The third-order valence-corrected chi connectivity index (χ3v) is 4.46. The molecule has 0 bridgehead atoms. The lowest BCUT2D eigenvalue weighted by atomic mass is 10.1. The van der Waals surface area contributed by atoms with Gasteiger partial charge in [-0.15, -0.1) is 0 Å². The molecular weight excluding hydrogens is 152 g/mol. The molecule has 3 nitrogen and oxygen atoms in total. The lowest BCUT2D eigenvalue weighted by molar-refractivity contribution is -0.109. The van der Waals surface area contributed by atoms with Crippen molar-refractivity contribution in [3.05, 3.63) is 0 Å². The molecule has 1 atom stereocenters. The first-order valence-electron chi connectivity index (χ1n) is 3.24. The van der Waals surface area contributed by atoms with E-state index in [2.05, 4.69) is 0 Å². The van der Waals surface area contributed by atoms with Crippen LogP contribution in [-0.2, 0) is 14.6 Å². The van der Waals surface area contributed by atoms with E-state index in [0.29, 0.717) is 0 Å². The fourth-order valence-electron chi connectivity index (χ4n) is 1.74. The molecule has 0 aromatic heterocycles. The Morgan fingerprint density at radius 1 is 1.40 bits per heavy atom. The van der Waals surface area contributed by atoms with Gasteiger partial charge in [0.2, 0.25) is 0 Å². The molecule has 1 spiro atoms. The topological polar surface area (TPSA) is 51.2 Å². The van der Waals surface area contributed by atoms with E-state index in [9.17, 15) is 13.2 Å². The van der Waals surface area contributed by atoms with Gasteiger partial charge in [0, 0.05) is 11.3 Å². The highest BCUT2D eigenvalue weighted by atomic mass is 32.2. The van der Waals surface area contributed by atoms with Crippen molar-refractivity contribution in [2.75, 3.05) is 11.5 Å². The van der Waals surface area contributed by atoms with E-state index in [-0.39, 0.29) is 22.8 Å². The zero-order chi connectivity index (χ0) is 7.41. The van der Waals surface area contributed by atoms with Crippen molar-refractivity contribution in [1.82, 2.24) is 0 Å². The Bertz CT molecular complexity index is 265. The maximum Gasteiger partial charge on any atom is 0.151 e. The second-order valence-corrected chi connectivity index (χ2v) is 5.41. The molecule has 1 unspecified atom stereocenters. The van der Waals surface area contributed by atoms with Crippen LogP contribution in [0, 0.1) is 11.3 Å². The fraction of sp³-hybridized carbons (Fsp3) is 0.833. The van der Waals surface area contributed by atoms with Gasteiger partial charge in [0.25, 0.3) is 0 Å². The highest BCUT2D eigenvalue weighted by molar-refractivity contribution is 7.92. The molecule has 10 heavy (non-hydrogen) atoms. The molecule has 4 heteroatoms. The van der Waals surface area contributed by atoms with Crippen molar-refractivity contribution in [3.8, 4) is 0 Å². The zero-order valence-electron chi connectivity index (χ0n) is 5.41. The van der Waals surface area contributed by atoms with Crippen LogP contribution in [0.2, 0.25) is 0 Å². The minimum atomic E-state index is -2.73. The first-order chi connectivity index (χ1) is 4.58. The van der Waals surface area contributed by atoms with Crippen LogP contribution in [0.1, 0.15) is 6.42 Å². The minimum Gasteiger partial charge on any atom is -0.303 e. The van der Waals surface area contributed by atoms with Crippen molar-refractivity contribution in [1.29, 1.82) is 0 Å². The minimum absolute atomic E-state index is 0.0519. The number of carbonyl (C=O) groups excluding carboxylic acids is 1. The predicted octanol–water partition coefficient (Wildman–Crippen LogP) is -0.380. The highest BCUT2D eigenvalue weighted by Gasteiger charge is 2.64. The third-order valence-electron chi connectivity index (χ3n) is 2.43. The largest absolute Gasteiger partial charge is 0.303 e. The summed E-state index contributed by atoms with van der Waals surface area (Å²) in [5.74, 6) is 0.559. The van der Waals surface area contributed by atoms with Crippen LogP contribution in [0.3, 0.4) is 0 Å². The Morgan fingerprint density at radius 2 is 2.00 bits per heavy atom. The standard InChI is InChI=1S/C6H8O3S/c7-2-5-1-6(5)3-10(8,9)4-6/h2,5H,1,3-4H2. The summed E-state index contributed by atoms with van der Waals surface area (Å²) in [5.41, 5.74) is -0.0828. The molecule has 1 saturated carbocycles. The molecule has 56 valence electrons. The summed E-state index contributed by atoms with van der Waals surface area (Å²) >= 11 is 0. The Balaban J connectivity index is 2.11. The van der Waals surface area contributed by atoms with Crippen LogP contribution in [0.15, 0.2) is 0 Å². The van der Waals surface area contributed by atoms with Crippen LogP contribution in [0.25, 0.3) is 0 Å². The summed E-state index contributed by atoms with van der Waals surface area (Å²) in [6, 6.07) is 0. The van der Waals surface area contributed by atoms with E-state index in [1.807, 2.05) is 0 Å². The first-order valence-corrected chi connectivity index (χ1v) is 5.06. The van der Waals surface area contributed by atoms with Gasteiger partial charge in [0.05, 0.1) is 11.5 Å². The fourth-order valence-corrected chi connectivity index (χ4v) is 4.07. The zero-order valence-corrected chi connectivity index (χ0v) is 6.23. The number of carbonyl (C=O) groups is 1. The van der Waals surface area contributed by atoms with Gasteiger partial charge in [-0.1, -0.05) is 0 Å². The van der Waals surface area contributed by atoms with Crippen molar-refractivity contribution >= 4 is 16.1 Å². The van der Waals surface area contributed by atoms with Gasteiger partial charge in [0.15, 0.2) is 9.84 Å². The van der Waals surface area contributed by atoms with Gasteiger partial charge in [0.1, 0.15) is 6.29 Å². The van der Waals surface area contributed by atoms with Crippen molar-refractivity contribution in [2.24, 2.45) is 11.3 Å². The SMILES string of the molecule is O=CC1CC12CS(=O)(=O)C2. The molecule has 2 aliphatic rings. The summed E-state index contributed by atoms with van der Waals surface area (Å²) in [6.07, 6.45) is 1.68. The van der Waals surface area contributed by atoms with E-state index < -0.39 is 9.84 Å². The van der Waals surface area contributed by atoms with Crippen molar-refractivity contribution in [2.45, 2.75) is 6.42 Å². The Labute approximate surface area is 59.3 Å². The van der Waals surface area contributed by atoms with Gasteiger partial charge in [-0.3, -0.25) is 0 Å². The average molecular weight is 160 g/mol. The summed E-state index contributed by atoms with van der Waals surface area (Å²) in [5, 5.41) is 0. The lowest BCUT2D eigenvalue weighted by Crippen LogP contribution is -2.39. The summed E-state index contributed by atoms with van der Waals surface area (Å²) in [6.45, 7) is 0. The molecular formula is C6H8O3S. The van der Waals surface area contributed by atoms with Gasteiger partial charge in [-0.25, -0.2) is 8.42 Å². The van der Waals surface area contributed by atoms with Crippen LogP contribution >= 0.6 is 0 Å². The maximum absolute atomic E-state index is 10.7. The molecule has 0 amide bonds. The highest BCUT2D eigenvalue weighted by Crippen LogP contribution is 2.58. The second kappa shape index (κ2) is 1.44. The summed E-state index contributed by atoms with van der Waals surface area (Å²) < 4.78 is 21.4. The molecule has 1 aliphatic heterocycles. The van der Waals surface area contributed by atoms with Crippen LogP contribution in [0.4, 0.5) is 0 Å². The van der Waals surface area contributed by atoms with E-state index in [4.69, 9.17) is 0 Å². The van der Waals surface area contributed by atoms with Crippen LogP contribution in [-0.4, -0.2) is 26.2 Å². The third kappa shape index (κ3) is 0.653. The monoisotopic (exact) mass is 160 g/mol. The van der Waals surface area contributed by atoms with Gasteiger partial charge >= 0.3 is 0 Å². The second-order valence-electron chi connectivity index (χ2n) is 3.34. The van der Waals surface area contributed by atoms with Gasteiger partial charge in [-0.05, 0) is 6.42 Å². The maximum atomic E-state index is 10.7. The Hall–Kier alpha value is -0.380. The molecule has 0 N–H and O–H groups in total. The predicted molar refractivity (Wildman–Crippen MR) is 35.3 cm³/mol. The number of sulfone groups is 1. The first kappa shape index (κ1) is 6.34. The van der Waals surface area contributed by atoms with E-state index in [0.717, 1.165) is 12.7 Å². The van der Waals surface area contributed by atoms with Gasteiger partial charge in [-0.2, -0.15) is 0 Å². The molecule has 1 saturated heterocycles.